The van der Waals surface area contributed by atoms with Crippen molar-refractivity contribution in [3.8, 4) is 0 Å². The van der Waals surface area contributed by atoms with Gasteiger partial charge in [0, 0.05) is 18.1 Å². The molecule has 2 aliphatic carbocycles. The van der Waals surface area contributed by atoms with Crippen molar-refractivity contribution in [3.63, 3.8) is 0 Å². The van der Waals surface area contributed by atoms with E-state index in [0.717, 1.165) is 32.1 Å². The molecule has 160 valence electrons. The standard InChI is InChI=1S/C23H34N2O3S/c1-17(19-11-10-18-6-2-3-7-20(18)14-19)24-15-23(26)25(21-8-4-5-9-21)22-12-13-29(27,28)16-22/h10-11,14,17,21-22,24H,2-9,12-13,15-16H2,1H3/t17-,22+/m0/s1. The number of fused-ring (bicyclic) bond motifs is 1. The van der Waals surface area contributed by atoms with Crippen molar-refractivity contribution in [1.29, 1.82) is 0 Å². The summed E-state index contributed by atoms with van der Waals surface area (Å²) in [5, 5.41) is 3.41. The fraction of sp³-hybridized carbons (Fsp3) is 0.696. The number of rotatable bonds is 6. The highest BCUT2D eigenvalue weighted by Crippen LogP contribution is 2.29. The second-order valence-corrected chi connectivity index (χ2v) is 11.4. The van der Waals surface area contributed by atoms with Crippen LogP contribution >= 0.6 is 0 Å². The smallest absolute Gasteiger partial charge is 0.237 e. The molecule has 0 radical (unpaired) electrons. The third-order valence-electron chi connectivity index (χ3n) is 7.04. The summed E-state index contributed by atoms with van der Waals surface area (Å²) in [4.78, 5) is 15.1. The van der Waals surface area contributed by atoms with E-state index in [2.05, 4.69) is 30.4 Å². The molecule has 5 nitrogen and oxygen atoms in total. The lowest BCUT2D eigenvalue weighted by Crippen LogP contribution is -2.50. The van der Waals surface area contributed by atoms with Gasteiger partial charge < -0.3 is 10.2 Å². The Labute approximate surface area is 175 Å². The molecule has 0 bridgehead atoms. The molecular weight excluding hydrogens is 384 g/mol. The van der Waals surface area contributed by atoms with Gasteiger partial charge >= 0.3 is 0 Å². The first-order valence-corrected chi connectivity index (χ1v) is 13.1. The van der Waals surface area contributed by atoms with Crippen LogP contribution in [0.1, 0.15) is 74.6 Å². The molecule has 0 spiro atoms. The lowest BCUT2D eigenvalue weighted by molar-refractivity contribution is -0.134. The molecule has 3 aliphatic rings. The van der Waals surface area contributed by atoms with Crippen LogP contribution in [0.2, 0.25) is 0 Å². The third kappa shape index (κ3) is 4.85. The van der Waals surface area contributed by atoms with E-state index in [9.17, 15) is 13.2 Å². The Balaban J connectivity index is 1.41. The summed E-state index contributed by atoms with van der Waals surface area (Å²) in [6.45, 7) is 2.38. The van der Waals surface area contributed by atoms with Gasteiger partial charge in [0.05, 0.1) is 18.1 Å². The Bertz CT molecular complexity index is 846. The number of hydrogen-bond acceptors (Lipinski definition) is 4. The van der Waals surface area contributed by atoms with E-state index in [4.69, 9.17) is 0 Å². The molecule has 1 heterocycles. The van der Waals surface area contributed by atoms with E-state index in [-0.39, 0.29) is 42.1 Å². The lowest BCUT2D eigenvalue weighted by Gasteiger charge is -2.34. The predicted octanol–water partition coefficient (Wildman–Crippen LogP) is 3.17. The van der Waals surface area contributed by atoms with Crippen LogP contribution in [0, 0.1) is 0 Å². The minimum Gasteiger partial charge on any atom is -0.335 e. The van der Waals surface area contributed by atoms with E-state index in [1.54, 1.807) is 0 Å². The largest absolute Gasteiger partial charge is 0.335 e. The van der Waals surface area contributed by atoms with Crippen LogP contribution in [0.15, 0.2) is 18.2 Å². The van der Waals surface area contributed by atoms with Gasteiger partial charge in [-0.05, 0) is 68.6 Å². The number of nitrogens with zero attached hydrogens (tertiary/aromatic N) is 1. The summed E-state index contributed by atoms with van der Waals surface area (Å²) in [6, 6.07) is 6.90. The maximum absolute atomic E-state index is 13.2. The predicted molar refractivity (Wildman–Crippen MR) is 116 cm³/mol. The molecule has 4 rings (SSSR count). The van der Waals surface area contributed by atoms with Crippen LogP contribution in [-0.2, 0) is 27.5 Å². The van der Waals surface area contributed by atoms with Crippen LogP contribution < -0.4 is 5.32 Å². The summed E-state index contributed by atoms with van der Waals surface area (Å²) in [5.74, 6) is 0.409. The van der Waals surface area contributed by atoms with Crippen molar-refractivity contribution in [3.05, 3.63) is 34.9 Å². The molecule has 29 heavy (non-hydrogen) atoms. The van der Waals surface area contributed by atoms with Gasteiger partial charge in [-0.3, -0.25) is 4.79 Å². The molecule has 1 saturated carbocycles. The molecule has 1 aromatic carbocycles. The van der Waals surface area contributed by atoms with Crippen molar-refractivity contribution in [1.82, 2.24) is 10.2 Å². The summed E-state index contributed by atoms with van der Waals surface area (Å²) in [6.07, 6.45) is 9.73. The van der Waals surface area contributed by atoms with Crippen LogP contribution in [-0.4, -0.2) is 49.4 Å². The Morgan fingerprint density at radius 1 is 1.07 bits per heavy atom. The molecule has 1 amide bonds. The average Bonchev–Trinajstić information content (AvgIpc) is 3.36. The maximum atomic E-state index is 13.2. The summed E-state index contributed by atoms with van der Waals surface area (Å²) in [5.41, 5.74) is 4.16. The Hall–Kier alpha value is -1.40. The zero-order chi connectivity index (χ0) is 20.4. The fourth-order valence-corrected chi connectivity index (χ4v) is 7.07. The molecule has 0 unspecified atom stereocenters. The highest BCUT2D eigenvalue weighted by molar-refractivity contribution is 7.91. The van der Waals surface area contributed by atoms with Crippen molar-refractivity contribution in [2.45, 2.75) is 82.8 Å². The van der Waals surface area contributed by atoms with Crippen LogP contribution in [0.4, 0.5) is 0 Å². The quantitative estimate of drug-likeness (QED) is 0.771. The van der Waals surface area contributed by atoms with Crippen LogP contribution in [0.3, 0.4) is 0 Å². The highest BCUT2D eigenvalue weighted by Gasteiger charge is 2.38. The summed E-state index contributed by atoms with van der Waals surface area (Å²) >= 11 is 0. The van der Waals surface area contributed by atoms with Crippen molar-refractivity contribution in [2.24, 2.45) is 0 Å². The van der Waals surface area contributed by atoms with Crippen molar-refractivity contribution >= 4 is 15.7 Å². The lowest BCUT2D eigenvalue weighted by atomic mass is 9.89. The number of amides is 1. The van der Waals surface area contributed by atoms with Crippen molar-refractivity contribution < 1.29 is 13.2 Å². The van der Waals surface area contributed by atoms with E-state index in [1.807, 2.05) is 4.90 Å². The van der Waals surface area contributed by atoms with Crippen molar-refractivity contribution in [2.75, 3.05) is 18.1 Å². The monoisotopic (exact) mass is 418 g/mol. The average molecular weight is 419 g/mol. The minimum absolute atomic E-state index is 0.0591. The van der Waals surface area contributed by atoms with Gasteiger partial charge in [-0.25, -0.2) is 8.42 Å². The van der Waals surface area contributed by atoms with Gasteiger partial charge in [0.15, 0.2) is 9.84 Å². The normalized spacial score (nSPS) is 24.9. The number of carbonyl (C=O) groups excluding carboxylic acids is 1. The zero-order valence-corrected chi connectivity index (χ0v) is 18.3. The van der Waals surface area contributed by atoms with E-state index in [0.29, 0.717) is 6.42 Å². The van der Waals surface area contributed by atoms with Gasteiger partial charge in [-0.1, -0.05) is 31.0 Å². The van der Waals surface area contributed by atoms with Gasteiger partial charge in [0.1, 0.15) is 0 Å². The number of carbonyl (C=O) groups is 1. The molecule has 1 aromatic rings. The maximum Gasteiger partial charge on any atom is 0.237 e. The zero-order valence-electron chi connectivity index (χ0n) is 17.5. The van der Waals surface area contributed by atoms with E-state index >= 15 is 0 Å². The molecule has 2 atom stereocenters. The number of sulfone groups is 1. The topological polar surface area (TPSA) is 66.5 Å². The highest BCUT2D eigenvalue weighted by atomic mass is 32.2. The Morgan fingerprint density at radius 2 is 1.79 bits per heavy atom. The first kappa shape index (κ1) is 20.9. The first-order valence-electron chi connectivity index (χ1n) is 11.3. The molecule has 1 aliphatic heterocycles. The van der Waals surface area contributed by atoms with Gasteiger partial charge in [0.25, 0.3) is 0 Å². The SMILES string of the molecule is C[C@H](NCC(=O)N(C1CCCC1)[C@@H]1CCS(=O)(=O)C1)c1ccc2c(c1)CCCC2. The summed E-state index contributed by atoms with van der Waals surface area (Å²) < 4.78 is 24.0. The fourth-order valence-electron chi connectivity index (χ4n) is 5.35. The van der Waals surface area contributed by atoms with Gasteiger partial charge in [-0.2, -0.15) is 0 Å². The van der Waals surface area contributed by atoms with E-state index < -0.39 is 9.84 Å². The number of aryl methyl sites for hydroxylation is 2. The van der Waals surface area contributed by atoms with Crippen LogP contribution in [0.25, 0.3) is 0 Å². The molecule has 1 saturated heterocycles. The molecule has 0 aromatic heterocycles. The van der Waals surface area contributed by atoms with Crippen LogP contribution in [0.5, 0.6) is 0 Å². The first-order chi connectivity index (χ1) is 13.9. The van der Waals surface area contributed by atoms with Gasteiger partial charge in [0.2, 0.25) is 5.91 Å². The molecular formula is C23H34N2O3S. The number of nitrogens with one attached hydrogen (secondary N) is 1. The Morgan fingerprint density at radius 3 is 2.48 bits per heavy atom. The third-order valence-corrected chi connectivity index (χ3v) is 8.79. The van der Waals surface area contributed by atoms with E-state index in [1.165, 1.54) is 36.0 Å². The molecule has 1 N–H and O–H groups in total. The number of hydrogen-bond donors (Lipinski definition) is 1. The second-order valence-electron chi connectivity index (χ2n) is 9.13. The molecule has 2 fully saturated rings. The molecule has 6 heteroatoms. The number of benzene rings is 1. The minimum atomic E-state index is -3.00. The Kier molecular flexibility index (Phi) is 6.30. The second kappa shape index (κ2) is 8.76. The summed E-state index contributed by atoms with van der Waals surface area (Å²) in [7, 11) is -3.00. The van der Waals surface area contributed by atoms with Gasteiger partial charge in [-0.15, -0.1) is 0 Å².